The van der Waals surface area contributed by atoms with Crippen LogP contribution in [0.15, 0.2) is 51.3 Å². The van der Waals surface area contributed by atoms with Crippen molar-refractivity contribution < 1.29 is 18.4 Å². The summed E-state index contributed by atoms with van der Waals surface area (Å²) in [6.07, 6.45) is 2.31. The molecule has 3 heterocycles. The van der Waals surface area contributed by atoms with Gasteiger partial charge < -0.3 is 23.8 Å². The maximum Gasteiger partial charge on any atom is 0.318 e. The van der Waals surface area contributed by atoms with Gasteiger partial charge in [-0.1, -0.05) is 18.2 Å². The molecule has 0 aliphatic carbocycles. The minimum atomic E-state index is -0.111. The van der Waals surface area contributed by atoms with Crippen LogP contribution in [0, 0.1) is 0 Å². The Kier molecular flexibility index (Phi) is 5.90. The lowest BCUT2D eigenvalue weighted by molar-refractivity contribution is 0.156. The first-order valence-electron chi connectivity index (χ1n) is 9.74. The Labute approximate surface area is 168 Å². The standard InChI is InChI=1S/C21H24N4O4/c1-27-14-16-9-10-18(28-16)17-8-5-13-25(17)21(26)22-12-11-19-23-24-20(29-19)15-6-3-2-4-7-15/h2-4,6-7,9-10,17H,5,8,11-14H2,1H3,(H,22,26). The number of nitrogens with one attached hydrogen (secondary N) is 1. The Morgan fingerprint density at radius 2 is 2.07 bits per heavy atom. The van der Waals surface area contributed by atoms with Crippen molar-refractivity contribution in [3.05, 3.63) is 59.9 Å². The number of hydrogen-bond acceptors (Lipinski definition) is 6. The average molecular weight is 396 g/mol. The van der Waals surface area contributed by atoms with E-state index in [2.05, 4.69) is 15.5 Å². The van der Waals surface area contributed by atoms with Gasteiger partial charge in [0.15, 0.2) is 0 Å². The van der Waals surface area contributed by atoms with Crippen LogP contribution in [0.5, 0.6) is 0 Å². The Balaban J connectivity index is 1.30. The molecule has 0 bridgehead atoms. The minimum absolute atomic E-state index is 0.0475. The van der Waals surface area contributed by atoms with Gasteiger partial charge in [-0.3, -0.25) is 0 Å². The number of likely N-dealkylation sites (tertiary alicyclic amines) is 1. The number of hydrogen-bond donors (Lipinski definition) is 1. The van der Waals surface area contributed by atoms with Crippen LogP contribution in [-0.2, 0) is 17.8 Å². The molecule has 0 saturated carbocycles. The van der Waals surface area contributed by atoms with E-state index in [1.807, 2.05) is 47.4 Å². The van der Waals surface area contributed by atoms with E-state index in [1.165, 1.54) is 0 Å². The maximum absolute atomic E-state index is 12.7. The second kappa shape index (κ2) is 8.91. The molecule has 8 heteroatoms. The monoisotopic (exact) mass is 396 g/mol. The molecular weight excluding hydrogens is 372 g/mol. The smallest absolute Gasteiger partial charge is 0.318 e. The molecule has 1 fully saturated rings. The van der Waals surface area contributed by atoms with Crippen molar-refractivity contribution in [1.29, 1.82) is 0 Å². The van der Waals surface area contributed by atoms with Gasteiger partial charge >= 0.3 is 6.03 Å². The number of aromatic nitrogens is 2. The Hall–Kier alpha value is -3.13. The van der Waals surface area contributed by atoms with Crippen LogP contribution in [0.1, 0.15) is 36.3 Å². The molecule has 152 valence electrons. The van der Waals surface area contributed by atoms with Crippen molar-refractivity contribution in [3.63, 3.8) is 0 Å². The highest BCUT2D eigenvalue weighted by Gasteiger charge is 2.32. The summed E-state index contributed by atoms with van der Waals surface area (Å²) in [5.74, 6) is 2.54. The van der Waals surface area contributed by atoms with Gasteiger partial charge in [0.2, 0.25) is 11.8 Å². The van der Waals surface area contributed by atoms with Gasteiger partial charge in [0, 0.05) is 32.2 Å². The normalized spacial score (nSPS) is 16.3. The van der Waals surface area contributed by atoms with Gasteiger partial charge in [0.25, 0.3) is 0 Å². The predicted octanol–water partition coefficient (Wildman–Crippen LogP) is 3.57. The lowest BCUT2D eigenvalue weighted by Crippen LogP contribution is -2.40. The fourth-order valence-electron chi connectivity index (χ4n) is 3.53. The van der Waals surface area contributed by atoms with E-state index < -0.39 is 0 Å². The Morgan fingerprint density at radius 1 is 1.21 bits per heavy atom. The second-order valence-electron chi connectivity index (χ2n) is 6.94. The Morgan fingerprint density at radius 3 is 2.90 bits per heavy atom. The lowest BCUT2D eigenvalue weighted by Gasteiger charge is -2.23. The fourth-order valence-corrected chi connectivity index (χ4v) is 3.53. The van der Waals surface area contributed by atoms with Crippen molar-refractivity contribution in [2.24, 2.45) is 0 Å². The highest BCUT2D eigenvalue weighted by molar-refractivity contribution is 5.75. The maximum atomic E-state index is 12.7. The summed E-state index contributed by atoms with van der Waals surface area (Å²) in [6.45, 7) is 1.55. The van der Waals surface area contributed by atoms with Crippen molar-refractivity contribution in [1.82, 2.24) is 20.4 Å². The zero-order valence-corrected chi connectivity index (χ0v) is 16.3. The van der Waals surface area contributed by atoms with Crippen LogP contribution < -0.4 is 5.32 Å². The van der Waals surface area contributed by atoms with Crippen molar-refractivity contribution in [2.75, 3.05) is 20.2 Å². The van der Waals surface area contributed by atoms with Crippen LogP contribution in [0.3, 0.4) is 0 Å². The summed E-state index contributed by atoms with van der Waals surface area (Å²) in [7, 11) is 1.63. The number of amides is 2. The molecule has 1 N–H and O–H groups in total. The summed E-state index contributed by atoms with van der Waals surface area (Å²) < 4.78 is 16.6. The molecule has 1 atom stereocenters. The first-order valence-corrected chi connectivity index (χ1v) is 9.74. The van der Waals surface area contributed by atoms with Gasteiger partial charge in [-0.15, -0.1) is 10.2 Å². The van der Waals surface area contributed by atoms with Crippen LogP contribution in [-0.4, -0.2) is 41.3 Å². The summed E-state index contributed by atoms with van der Waals surface area (Å²) in [5, 5.41) is 11.1. The zero-order chi connectivity index (χ0) is 20.1. The first-order chi connectivity index (χ1) is 14.2. The molecule has 8 nitrogen and oxygen atoms in total. The number of furan rings is 1. The molecule has 1 aliphatic heterocycles. The molecule has 1 saturated heterocycles. The van der Waals surface area contributed by atoms with E-state index in [0.29, 0.717) is 37.9 Å². The van der Waals surface area contributed by atoms with Crippen LogP contribution in [0.4, 0.5) is 4.79 Å². The topological polar surface area (TPSA) is 93.6 Å². The highest BCUT2D eigenvalue weighted by atomic mass is 16.5. The lowest BCUT2D eigenvalue weighted by atomic mass is 10.2. The highest BCUT2D eigenvalue weighted by Crippen LogP contribution is 2.33. The van der Waals surface area contributed by atoms with Gasteiger partial charge in [0.1, 0.15) is 18.1 Å². The van der Waals surface area contributed by atoms with Gasteiger partial charge in [-0.05, 0) is 37.1 Å². The third kappa shape index (κ3) is 4.48. The van der Waals surface area contributed by atoms with Crippen LogP contribution in [0.2, 0.25) is 0 Å². The summed E-state index contributed by atoms with van der Waals surface area (Å²) in [5.41, 5.74) is 0.876. The van der Waals surface area contributed by atoms with Crippen LogP contribution in [0.25, 0.3) is 11.5 Å². The molecular formula is C21H24N4O4. The average Bonchev–Trinajstić information content (AvgIpc) is 3.49. The first kappa shape index (κ1) is 19.2. The largest absolute Gasteiger partial charge is 0.461 e. The molecule has 1 aliphatic rings. The molecule has 0 spiro atoms. The molecule has 1 unspecified atom stereocenters. The quantitative estimate of drug-likeness (QED) is 0.656. The van der Waals surface area contributed by atoms with Gasteiger partial charge in [-0.25, -0.2) is 4.79 Å². The van der Waals surface area contributed by atoms with E-state index in [1.54, 1.807) is 7.11 Å². The number of methoxy groups -OCH3 is 1. The number of rotatable bonds is 7. The third-order valence-electron chi connectivity index (χ3n) is 4.91. The van der Waals surface area contributed by atoms with E-state index in [0.717, 1.165) is 29.9 Å². The SMILES string of the molecule is COCc1ccc(C2CCCN2C(=O)NCCc2nnc(-c3ccccc3)o2)o1. The number of carbonyl (C=O) groups excluding carboxylic acids is 1. The number of urea groups is 1. The van der Waals surface area contributed by atoms with Gasteiger partial charge in [-0.2, -0.15) is 0 Å². The summed E-state index contributed by atoms with van der Waals surface area (Å²) in [4.78, 5) is 14.5. The number of benzene rings is 1. The fraction of sp³-hybridized carbons (Fsp3) is 0.381. The minimum Gasteiger partial charge on any atom is -0.461 e. The summed E-state index contributed by atoms with van der Waals surface area (Å²) in [6, 6.07) is 13.3. The third-order valence-corrected chi connectivity index (χ3v) is 4.91. The Bertz CT molecular complexity index is 937. The van der Waals surface area contributed by atoms with E-state index in [4.69, 9.17) is 13.6 Å². The van der Waals surface area contributed by atoms with E-state index in [-0.39, 0.29) is 12.1 Å². The van der Waals surface area contributed by atoms with Crippen molar-refractivity contribution in [3.8, 4) is 11.5 Å². The van der Waals surface area contributed by atoms with Gasteiger partial charge in [0.05, 0.1) is 6.04 Å². The molecule has 2 aromatic heterocycles. The molecule has 4 rings (SSSR count). The van der Waals surface area contributed by atoms with Crippen molar-refractivity contribution >= 4 is 6.03 Å². The zero-order valence-electron chi connectivity index (χ0n) is 16.3. The number of nitrogens with zero attached hydrogens (tertiary/aromatic N) is 3. The molecule has 0 radical (unpaired) electrons. The molecule has 29 heavy (non-hydrogen) atoms. The predicted molar refractivity (Wildman–Crippen MR) is 105 cm³/mol. The molecule has 1 aromatic carbocycles. The van der Waals surface area contributed by atoms with Crippen molar-refractivity contribution in [2.45, 2.75) is 31.9 Å². The number of carbonyl (C=O) groups is 1. The van der Waals surface area contributed by atoms with E-state index in [9.17, 15) is 4.79 Å². The second-order valence-corrected chi connectivity index (χ2v) is 6.94. The van der Waals surface area contributed by atoms with Crippen LogP contribution >= 0.6 is 0 Å². The molecule has 2 amide bonds. The molecule has 3 aromatic rings. The summed E-state index contributed by atoms with van der Waals surface area (Å²) >= 11 is 0. The number of ether oxygens (including phenoxy) is 1. The van der Waals surface area contributed by atoms with E-state index >= 15 is 0 Å².